The van der Waals surface area contributed by atoms with Crippen LogP contribution in [0.25, 0.3) is 5.65 Å². The van der Waals surface area contributed by atoms with Crippen LogP contribution in [0.3, 0.4) is 0 Å². The van der Waals surface area contributed by atoms with Gasteiger partial charge in [0.05, 0.1) is 17.5 Å². The summed E-state index contributed by atoms with van der Waals surface area (Å²) >= 11 is 0. The van der Waals surface area contributed by atoms with Gasteiger partial charge in [-0.05, 0) is 25.8 Å². The lowest BCUT2D eigenvalue weighted by molar-refractivity contribution is 0.194. The van der Waals surface area contributed by atoms with Crippen LogP contribution in [0, 0.1) is 0 Å². The Balaban J connectivity index is 2.09. The second-order valence-electron chi connectivity index (χ2n) is 4.17. The lowest BCUT2D eigenvalue weighted by Gasteiger charge is -2.02. The maximum atomic E-state index is 9.42. The molecule has 0 radical (unpaired) electrons. The largest absolute Gasteiger partial charge is 0.387 e. The molecule has 1 saturated carbocycles. The molecule has 4 heteroatoms. The van der Waals surface area contributed by atoms with Gasteiger partial charge in [-0.25, -0.2) is 9.50 Å². The van der Waals surface area contributed by atoms with Gasteiger partial charge in [-0.1, -0.05) is 0 Å². The molecular formula is C11H13N3O. The molecule has 1 aliphatic carbocycles. The van der Waals surface area contributed by atoms with E-state index in [9.17, 15) is 5.11 Å². The van der Waals surface area contributed by atoms with E-state index in [1.165, 1.54) is 12.8 Å². The van der Waals surface area contributed by atoms with Crippen molar-refractivity contribution < 1.29 is 5.11 Å². The van der Waals surface area contributed by atoms with Gasteiger partial charge in [0.2, 0.25) is 0 Å². The molecule has 0 spiro atoms. The molecule has 1 fully saturated rings. The zero-order chi connectivity index (χ0) is 10.4. The van der Waals surface area contributed by atoms with E-state index in [2.05, 4.69) is 10.1 Å². The molecule has 1 unspecified atom stereocenters. The van der Waals surface area contributed by atoms with Crippen molar-refractivity contribution in [3.63, 3.8) is 0 Å². The van der Waals surface area contributed by atoms with Gasteiger partial charge in [0.1, 0.15) is 0 Å². The highest BCUT2D eigenvalue weighted by Crippen LogP contribution is 2.39. The van der Waals surface area contributed by atoms with E-state index in [1.807, 2.05) is 12.3 Å². The van der Waals surface area contributed by atoms with Crippen LogP contribution in [0.15, 0.2) is 18.3 Å². The monoisotopic (exact) mass is 203 g/mol. The summed E-state index contributed by atoms with van der Waals surface area (Å²) in [5, 5.41) is 13.9. The lowest BCUT2D eigenvalue weighted by Crippen LogP contribution is -1.98. The third-order valence-electron chi connectivity index (χ3n) is 2.79. The number of hydrogen-bond donors (Lipinski definition) is 1. The van der Waals surface area contributed by atoms with Crippen molar-refractivity contribution >= 4 is 5.65 Å². The van der Waals surface area contributed by atoms with Gasteiger partial charge >= 0.3 is 0 Å². The van der Waals surface area contributed by atoms with Crippen molar-refractivity contribution in [2.75, 3.05) is 0 Å². The number of nitrogens with zero attached hydrogens (tertiary/aromatic N) is 3. The number of aliphatic hydroxyl groups is 1. The van der Waals surface area contributed by atoms with E-state index in [4.69, 9.17) is 0 Å². The average molecular weight is 203 g/mol. The van der Waals surface area contributed by atoms with E-state index in [-0.39, 0.29) is 0 Å². The first-order valence-corrected chi connectivity index (χ1v) is 5.28. The zero-order valence-electron chi connectivity index (χ0n) is 8.59. The SMILES string of the molecule is CC(O)c1ccn2nc(C3CC3)cc2n1. The molecule has 1 atom stereocenters. The smallest absolute Gasteiger partial charge is 0.155 e. The summed E-state index contributed by atoms with van der Waals surface area (Å²) in [5.41, 5.74) is 2.66. The molecular weight excluding hydrogens is 190 g/mol. The van der Waals surface area contributed by atoms with Crippen LogP contribution < -0.4 is 0 Å². The molecule has 1 N–H and O–H groups in total. The topological polar surface area (TPSA) is 50.4 Å². The first kappa shape index (κ1) is 8.85. The Morgan fingerprint density at radius 2 is 2.33 bits per heavy atom. The van der Waals surface area contributed by atoms with Crippen LogP contribution in [0.1, 0.15) is 43.2 Å². The molecule has 0 aliphatic heterocycles. The molecule has 0 amide bonds. The Kier molecular flexibility index (Phi) is 1.79. The minimum atomic E-state index is -0.519. The van der Waals surface area contributed by atoms with Crippen LogP contribution in [0.2, 0.25) is 0 Å². The first-order chi connectivity index (χ1) is 7.24. The minimum Gasteiger partial charge on any atom is -0.387 e. The fraction of sp³-hybridized carbons (Fsp3) is 0.455. The molecule has 0 saturated heterocycles. The summed E-state index contributed by atoms with van der Waals surface area (Å²) in [6.07, 6.45) is 3.82. The highest BCUT2D eigenvalue weighted by Gasteiger charge is 2.26. The minimum absolute atomic E-state index is 0.519. The molecule has 0 aromatic carbocycles. The number of fused-ring (bicyclic) bond motifs is 1. The Bertz CT molecular complexity index is 500. The van der Waals surface area contributed by atoms with Crippen molar-refractivity contribution in [2.45, 2.75) is 31.8 Å². The standard InChI is InChI=1S/C11H13N3O/c1-7(15)9-4-5-14-11(12-9)6-10(13-14)8-2-3-8/h4-8,15H,2-3H2,1H3. The van der Waals surface area contributed by atoms with E-state index in [0.717, 1.165) is 11.3 Å². The maximum absolute atomic E-state index is 9.42. The molecule has 2 aromatic heterocycles. The van der Waals surface area contributed by atoms with E-state index >= 15 is 0 Å². The molecule has 78 valence electrons. The van der Waals surface area contributed by atoms with Crippen molar-refractivity contribution in [1.29, 1.82) is 0 Å². The Hall–Kier alpha value is -1.42. The summed E-state index contributed by atoms with van der Waals surface area (Å²) in [6, 6.07) is 3.82. The number of hydrogen-bond acceptors (Lipinski definition) is 3. The van der Waals surface area contributed by atoms with Gasteiger partial charge in [-0.2, -0.15) is 5.10 Å². The van der Waals surface area contributed by atoms with Gasteiger partial charge in [0.25, 0.3) is 0 Å². The fourth-order valence-electron chi connectivity index (χ4n) is 1.72. The number of rotatable bonds is 2. The molecule has 3 rings (SSSR count). The van der Waals surface area contributed by atoms with Crippen molar-refractivity contribution in [3.8, 4) is 0 Å². The van der Waals surface area contributed by atoms with Gasteiger partial charge in [0, 0.05) is 18.2 Å². The van der Waals surface area contributed by atoms with Crippen LogP contribution in [-0.4, -0.2) is 19.7 Å². The van der Waals surface area contributed by atoms with E-state index < -0.39 is 6.10 Å². The Morgan fingerprint density at radius 3 is 3.00 bits per heavy atom. The van der Waals surface area contributed by atoms with E-state index in [0.29, 0.717) is 11.6 Å². The second-order valence-corrected chi connectivity index (χ2v) is 4.17. The summed E-state index contributed by atoms with van der Waals surface area (Å²) in [4.78, 5) is 4.36. The zero-order valence-corrected chi connectivity index (χ0v) is 8.59. The Labute approximate surface area is 87.6 Å². The summed E-state index contributed by atoms with van der Waals surface area (Å²) in [5.74, 6) is 0.640. The summed E-state index contributed by atoms with van der Waals surface area (Å²) < 4.78 is 1.78. The lowest BCUT2D eigenvalue weighted by atomic mass is 10.3. The highest BCUT2D eigenvalue weighted by molar-refractivity contribution is 5.41. The van der Waals surface area contributed by atoms with Gasteiger partial charge in [-0.3, -0.25) is 0 Å². The summed E-state index contributed by atoms with van der Waals surface area (Å²) in [7, 11) is 0. The van der Waals surface area contributed by atoms with Gasteiger partial charge < -0.3 is 5.11 Å². The van der Waals surface area contributed by atoms with Crippen LogP contribution in [0.5, 0.6) is 0 Å². The second kappa shape index (κ2) is 3.03. The van der Waals surface area contributed by atoms with Gasteiger partial charge in [-0.15, -0.1) is 0 Å². The molecule has 4 nitrogen and oxygen atoms in total. The predicted molar refractivity (Wildman–Crippen MR) is 55.6 cm³/mol. The molecule has 15 heavy (non-hydrogen) atoms. The van der Waals surface area contributed by atoms with Crippen molar-refractivity contribution in [1.82, 2.24) is 14.6 Å². The molecule has 2 heterocycles. The molecule has 0 bridgehead atoms. The number of aromatic nitrogens is 3. The normalized spacial score (nSPS) is 18.3. The molecule has 1 aliphatic rings. The van der Waals surface area contributed by atoms with Crippen LogP contribution in [-0.2, 0) is 0 Å². The van der Waals surface area contributed by atoms with Crippen molar-refractivity contribution in [2.24, 2.45) is 0 Å². The van der Waals surface area contributed by atoms with Gasteiger partial charge in [0.15, 0.2) is 5.65 Å². The highest BCUT2D eigenvalue weighted by atomic mass is 16.3. The Morgan fingerprint density at radius 1 is 1.53 bits per heavy atom. The predicted octanol–water partition coefficient (Wildman–Crippen LogP) is 1.66. The average Bonchev–Trinajstić information content (AvgIpc) is 2.97. The van der Waals surface area contributed by atoms with Crippen molar-refractivity contribution in [3.05, 3.63) is 29.7 Å². The first-order valence-electron chi connectivity index (χ1n) is 5.28. The third kappa shape index (κ3) is 1.51. The van der Waals surface area contributed by atoms with Crippen LogP contribution >= 0.6 is 0 Å². The maximum Gasteiger partial charge on any atom is 0.155 e. The number of aliphatic hydroxyl groups excluding tert-OH is 1. The fourth-order valence-corrected chi connectivity index (χ4v) is 1.72. The quantitative estimate of drug-likeness (QED) is 0.807. The van der Waals surface area contributed by atoms with Crippen LogP contribution in [0.4, 0.5) is 0 Å². The summed E-state index contributed by atoms with van der Waals surface area (Å²) in [6.45, 7) is 1.72. The van der Waals surface area contributed by atoms with E-state index in [1.54, 1.807) is 17.5 Å². The molecule has 2 aromatic rings. The third-order valence-corrected chi connectivity index (χ3v) is 2.79.